The first-order valence-electron chi connectivity index (χ1n) is 10.4. The van der Waals surface area contributed by atoms with Crippen LogP contribution >= 0.6 is 0 Å². The normalized spacial score (nSPS) is 14.8. The van der Waals surface area contributed by atoms with Gasteiger partial charge in [0.15, 0.2) is 0 Å². The Bertz CT molecular complexity index is 1020. The SMILES string of the molecule is CCOc1ccc2c(c1)CN(C(=O)[C@@H](NS(=O)(=O)c1ccc(OC)cc1)C(C)C)CC2. The van der Waals surface area contributed by atoms with Crippen molar-refractivity contribution in [3.05, 3.63) is 53.6 Å². The number of amides is 1. The van der Waals surface area contributed by atoms with Crippen LogP contribution in [-0.2, 0) is 27.8 Å². The minimum absolute atomic E-state index is 0.0945. The second-order valence-corrected chi connectivity index (χ2v) is 9.61. The fourth-order valence-corrected chi connectivity index (χ4v) is 4.97. The molecule has 0 bridgehead atoms. The number of hydrogen-bond acceptors (Lipinski definition) is 5. The Morgan fingerprint density at radius 1 is 1.10 bits per heavy atom. The number of carbonyl (C=O) groups excluding carboxylic acids is 1. The molecule has 1 atom stereocenters. The van der Waals surface area contributed by atoms with Gasteiger partial charge in [-0.25, -0.2) is 8.42 Å². The Kier molecular flexibility index (Phi) is 7.23. The Morgan fingerprint density at radius 3 is 2.39 bits per heavy atom. The van der Waals surface area contributed by atoms with Crippen LogP contribution in [0.25, 0.3) is 0 Å². The molecule has 0 radical (unpaired) electrons. The van der Waals surface area contributed by atoms with Crippen LogP contribution in [0.4, 0.5) is 0 Å². The molecule has 7 nitrogen and oxygen atoms in total. The molecule has 1 heterocycles. The maximum atomic E-state index is 13.3. The highest BCUT2D eigenvalue weighted by atomic mass is 32.2. The molecule has 1 amide bonds. The fraction of sp³-hybridized carbons (Fsp3) is 0.435. The number of methoxy groups -OCH3 is 1. The Labute approximate surface area is 184 Å². The van der Waals surface area contributed by atoms with Crippen molar-refractivity contribution in [3.63, 3.8) is 0 Å². The molecular formula is C23H30N2O5S. The minimum Gasteiger partial charge on any atom is -0.497 e. The van der Waals surface area contributed by atoms with E-state index in [2.05, 4.69) is 4.72 Å². The lowest BCUT2D eigenvalue weighted by atomic mass is 9.97. The summed E-state index contributed by atoms with van der Waals surface area (Å²) in [7, 11) is -2.34. The largest absolute Gasteiger partial charge is 0.497 e. The zero-order valence-electron chi connectivity index (χ0n) is 18.4. The van der Waals surface area contributed by atoms with E-state index in [1.807, 2.05) is 39.0 Å². The van der Waals surface area contributed by atoms with E-state index in [4.69, 9.17) is 9.47 Å². The third-order valence-corrected chi connectivity index (χ3v) is 6.85. The minimum atomic E-state index is -3.86. The summed E-state index contributed by atoms with van der Waals surface area (Å²) in [6.45, 7) is 7.16. The van der Waals surface area contributed by atoms with Gasteiger partial charge in [-0.15, -0.1) is 0 Å². The van der Waals surface area contributed by atoms with Crippen molar-refractivity contribution in [2.45, 2.75) is 44.7 Å². The molecule has 1 N–H and O–H groups in total. The lowest BCUT2D eigenvalue weighted by molar-refractivity contribution is -0.135. The summed E-state index contributed by atoms with van der Waals surface area (Å²) in [5, 5.41) is 0. The van der Waals surface area contributed by atoms with Crippen molar-refractivity contribution in [1.29, 1.82) is 0 Å². The van der Waals surface area contributed by atoms with Crippen LogP contribution in [0, 0.1) is 5.92 Å². The van der Waals surface area contributed by atoms with Gasteiger partial charge in [-0.1, -0.05) is 19.9 Å². The van der Waals surface area contributed by atoms with Gasteiger partial charge in [-0.2, -0.15) is 4.72 Å². The molecule has 0 saturated carbocycles. The first-order valence-corrected chi connectivity index (χ1v) is 11.9. The molecule has 0 aliphatic carbocycles. The molecule has 0 aromatic heterocycles. The number of fused-ring (bicyclic) bond motifs is 1. The molecule has 8 heteroatoms. The fourth-order valence-electron chi connectivity index (χ4n) is 3.64. The molecule has 168 valence electrons. The van der Waals surface area contributed by atoms with Crippen LogP contribution in [0.3, 0.4) is 0 Å². The molecular weight excluding hydrogens is 416 g/mol. The van der Waals surface area contributed by atoms with Gasteiger partial charge in [0.05, 0.1) is 18.6 Å². The Morgan fingerprint density at radius 2 is 1.77 bits per heavy atom. The van der Waals surface area contributed by atoms with E-state index in [1.54, 1.807) is 17.0 Å². The molecule has 0 saturated heterocycles. The summed E-state index contributed by atoms with van der Waals surface area (Å²) in [6.07, 6.45) is 0.726. The predicted octanol–water partition coefficient (Wildman–Crippen LogP) is 2.98. The van der Waals surface area contributed by atoms with Crippen LogP contribution in [0.5, 0.6) is 11.5 Å². The molecule has 0 spiro atoms. The monoisotopic (exact) mass is 446 g/mol. The van der Waals surface area contributed by atoms with Gasteiger partial charge in [0.25, 0.3) is 0 Å². The molecule has 1 aliphatic rings. The highest BCUT2D eigenvalue weighted by Crippen LogP contribution is 2.25. The molecule has 31 heavy (non-hydrogen) atoms. The number of ether oxygens (including phenoxy) is 2. The molecule has 2 aromatic rings. The lowest BCUT2D eigenvalue weighted by Crippen LogP contribution is -2.52. The van der Waals surface area contributed by atoms with Crippen molar-refractivity contribution in [1.82, 2.24) is 9.62 Å². The topological polar surface area (TPSA) is 84.9 Å². The van der Waals surface area contributed by atoms with E-state index in [0.717, 1.165) is 17.7 Å². The van der Waals surface area contributed by atoms with Gasteiger partial charge in [0.2, 0.25) is 15.9 Å². The summed E-state index contributed by atoms with van der Waals surface area (Å²) in [5.41, 5.74) is 2.22. The molecule has 0 unspecified atom stereocenters. The van der Waals surface area contributed by atoms with Crippen LogP contribution in [0.2, 0.25) is 0 Å². The van der Waals surface area contributed by atoms with Crippen molar-refractivity contribution in [3.8, 4) is 11.5 Å². The van der Waals surface area contributed by atoms with Crippen molar-refractivity contribution in [2.75, 3.05) is 20.3 Å². The smallest absolute Gasteiger partial charge is 0.241 e. The predicted molar refractivity (Wildman–Crippen MR) is 119 cm³/mol. The average molecular weight is 447 g/mol. The third-order valence-electron chi connectivity index (χ3n) is 5.40. The van der Waals surface area contributed by atoms with E-state index >= 15 is 0 Å². The number of nitrogens with one attached hydrogen (secondary N) is 1. The zero-order chi connectivity index (χ0) is 22.6. The van der Waals surface area contributed by atoms with Gasteiger partial charge in [-0.05, 0) is 66.8 Å². The van der Waals surface area contributed by atoms with Gasteiger partial charge < -0.3 is 14.4 Å². The van der Waals surface area contributed by atoms with Gasteiger partial charge in [0, 0.05) is 13.1 Å². The van der Waals surface area contributed by atoms with Crippen LogP contribution in [0.15, 0.2) is 47.4 Å². The maximum absolute atomic E-state index is 13.3. The average Bonchev–Trinajstić information content (AvgIpc) is 2.76. The first kappa shape index (κ1) is 23.1. The van der Waals surface area contributed by atoms with E-state index < -0.39 is 16.1 Å². The van der Waals surface area contributed by atoms with Gasteiger partial charge in [-0.3, -0.25) is 4.79 Å². The Hall–Kier alpha value is -2.58. The molecule has 3 rings (SSSR count). The summed E-state index contributed by atoms with van der Waals surface area (Å²) < 4.78 is 39.1. The summed E-state index contributed by atoms with van der Waals surface area (Å²) in [5.74, 6) is 0.904. The third kappa shape index (κ3) is 5.37. The zero-order valence-corrected chi connectivity index (χ0v) is 19.2. The Balaban J connectivity index is 1.78. The molecule has 1 aliphatic heterocycles. The van der Waals surface area contributed by atoms with E-state index in [1.165, 1.54) is 24.8 Å². The summed E-state index contributed by atoms with van der Waals surface area (Å²) in [4.78, 5) is 15.1. The highest BCUT2D eigenvalue weighted by Gasteiger charge is 2.33. The maximum Gasteiger partial charge on any atom is 0.241 e. The number of hydrogen-bond donors (Lipinski definition) is 1. The van der Waals surface area contributed by atoms with Crippen LogP contribution in [0.1, 0.15) is 31.9 Å². The quantitative estimate of drug-likeness (QED) is 0.674. The first-order chi connectivity index (χ1) is 14.7. The number of rotatable bonds is 8. The lowest BCUT2D eigenvalue weighted by Gasteiger charge is -2.33. The van der Waals surface area contributed by atoms with Gasteiger partial charge >= 0.3 is 0 Å². The van der Waals surface area contributed by atoms with E-state index in [-0.39, 0.29) is 16.7 Å². The second-order valence-electron chi connectivity index (χ2n) is 7.89. The summed E-state index contributed by atoms with van der Waals surface area (Å²) >= 11 is 0. The van der Waals surface area contributed by atoms with E-state index in [0.29, 0.717) is 25.4 Å². The number of carbonyl (C=O) groups is 1. The molecule has 0 fully saturated rings. The summed E-state index contributed by atoms with van der Waals surface area (Å²) in [6, 6.07) is 11.2. The number of benzene rings is 2. The van der Waals surface area contributed by atoms with Crippen LogP contribution < -0.4 is 14.2 Å². The highest BCUT2D eigenvalue weighted by molar-refractivity contribution is 7.89. The van der Waals surface area contributed by atoms with Crippen LogP contribution in [-0.4, -0.2) is 45.5 Å². The van der Waals surface area contributed by atoms with Crippen molar-refractivity contribution in [2.24, 2.45) is 5.92 Å². The number of nitrogens with zero attached hydrogens (tertiary/aromatic N) is 1. The van der Waals surface area contributed by atoms with E-state index in [9.17, 15) is 13.2 Å². The van der Waals surface area contributed by atoms with Crippen molar-refractivity contribution >= 4 is 15.9 Å². The second kappa shape index (κ2) is 9.70. The van der Waals surface area contributed by atoms with Crippen molar-refractivity contribution < 1.29 is 22.7 Å². The van der Waals surface area contributed by atoms with Gasteiger partial charge in [0.1, 0.15) is 17.5 Å². The standard InChI is InChI=1S/C23H30N2O5S/c1-5-30-20-7-6-17-12-13-25(15-18(17)14-20)23(26)22(16(2)3)24-31(27,28)21-10-8-19(29-4)9-11-21/h6-11,14,16,22,24H,5,12-13,15H2,1-4H3/t22-/m0/s1. The number of sulfonamides is 1. The molecule has 2 aromatic carbocycles.